The Morgan fingerprint density at radius 1 is 1.08 bits per heavy atom. The van der Waals surface area contributed by atoms with Gasteiger partial charge in [-0.05, 0) is 55.5 Å². The summed E-state index contributed by atoms with van der Waals surface area (Å²) in [5.41, 5.74) is 0.606. The Kier molecular flexibility index (Phi) is 7.85. The third kappa shape index (κ3) is 5.82. The number of benzene rings is 1. The van der Waals surface area contributed by atoms with Gasteiger partial charge in [0.05, 0.1) is 0 Å². The number of pyridine rings is 1. The molecule has 0 saturated carbocycles. The van der Waals surface area contributed by atoms with Crippen LogP contribution in [0.3, 0.4) is 0 Å². The number of ether oxygens (including phenoxy) is 1. The van der Waals surface area contributed by atoms with Crippen LogP contribution >= 0.6 is 0 Å². The van der Waals surface area contributed by atoms with Crippen LogP contribution in [-0.4, -0.2) is 77.4 Å². The average molecular weight is 517 g/mol. The van der Waals surface area contributed by atoms with Crippen LogP contribution in [-0.2, 0) is 26.0 Å². The standard InChI is InChI=1S/C24H28N4O7S/c29-22(21-6-4-14-28(21)36(33,34)19-5-3-11-25-16-19)26-20(23(30)31)15-17-7-9-18(10-8-17)35-24(32)27-12-1-2-13-27/h3,5,7-11,16,20-21H,1-2,4,6,12-15H2,(H,26,29)(H,30,31)/t20?,21-/m1/s1. The van der Waals surface area contributed by atoms with Crippen LogP contribution in [0.5, 0.6) is 5.75 Å². The molecule has 2 atom stereocenters. The molecule has 2 fully saturated rings. The van der Waals surface area contributed by atoms with Crippen molar-refractivity contribution >= 4 is 28.0 Å². The number of carbonyl (C=O) groups excluding carboxylic acids is 2. The number of nitrogens with zero attached hydrogens (tertiary/aromatic N) is 3. The van der Waals surface area contributed by atoms with Gasteiger partial charge >= 0.3 is 12.1 Å². The van der Waals surface area contributed by atoms with Crippen molar-refractivity contribution in [2.75, 3.05) is 19.6 Å². The summed E-state index contributed by atoms with van der Waals surface area (Å²) >= 11 is 0. The molecular weight excluding hydrogens is 488 g/mol. The molecule has 0 aliphatic carbocycles. The normalized spacial score (nSPS) is 19.1. The van der Waals surface area contributed by atoms with Crippen LogP contribution in [0, 0.1) is 0 Å². The number of nitrogens with one attached hydrogen (secondary N) is 1. The molecule has 2 saturated heterocycles. The quantitative estimate of drug-likeness (QED) is 0.538. The number of hydrogen-bond acceptors (Lipinski definition) is 7. The van der Waals surface area contributed by atoms with Crippen molar-refractivity contribution in [3.63, 3.8) is 0 Å². The Balaban J connectivity index is 1.39. The summed E-state index contributed by atoms with van der Waals surface area (Å²) in [6.07, 6.45) is 4.89. The number of hydrogen-bond donors (Lipinski definition) is 2. The molecule has 2 aliphatic rings. The van der Waals surface area contributed by atoms with E-state index in [1.807, 2.05) is 0 Å². The third-order valence-electron chi connectivity index (χ3n) is 6.29. The topological polar surface area (TPSA) is 146 Å². The van der Waals surface area contributed by atoms with Crippen LogP contribution in [0.2, 0.25) is 0 Å². The monoisotopic (exact) mass is 516 g/mol. The van der Waals surface area contributed by atoms with E-state index in [0.717, 1.165) is 17.1 Å². The predicted molar refractivity (Wildman–Crippen MR) is 128 cm³/mol. The van der Waals surface area contributed by atoms with Crippen molar-refractivity contribution in [3.8, 4) is 5.75 Å². The zero-order valence-electron chi connectivity index (χ0n) is 19.6. The number of rotatable bonds is 8. The molecule has 4 rings (SSSR count). The van der Waals surface area contributed by atoms with E-state index in [-0.39, 0.29) is 24.3 Å². The molecule has 3 heterocycles. The summed E-state index contributed by atoms with van der Waals surface area (Å²) in [5.74, 6) is -1.56. The van der Waals surface area contributed by atoms with Gasteiger partial charge in [0.25, 0.3) is 0 Å². The van der Waals surface area contributed by atoms with Crippen molar-refractivity contribution < 1.29 is 32.6 Å². The maximum absolute atomic E-state index is 13.0. The maximum Gasteiger partial charge on any atom is 0.415 e. The molecule has 0 bridgehead atoms. The fourth-order valence-corrected chi connectivity index (χ4v) is 6.01. The Morgan fingerprint density at radius 3 is 2.44 bits per heavy atom. The molecular formula is C24H28N4O7S. The highest BCUT2D eigenvalue weighted by atomic mass is 32.2. The first-order valence-corrected chi connectivity index (χ1v) is 13.2. The summed E-state index contributed by atoms with van der Waals surface area (Å²) < 4.78 is 32.5. The molecule has 11 nitrogen and oxygen atoms in total. The van der Waals surface area contributed by atoms with Crippen LogP contribution in [0.4, 0.5) is 4.79 Å². The minimum Gasteiger partial charge on any atom is -0.480 e. The van der Waals surface area contributed by atoms with Crippen molar-refractivity contribution in [1.29, 1.82) is 0 Å². The SMILES string of the molecule is O=C(O)C(Cc1ccc(OC(=O)N2CCCC2)cc1)NC(=O)[C@H]1CCCN1S(=O)(=O)c1cccnc1. The Hall–Kier alpha value is -3.51. The van der Waals surface area contributed by atoms with Gasteiger partial charge in [-0.1, -0.05) is 12.1 Å². The van der Waals surface area contributed by atoms with Crippen LogP contribution in [0.1, 0.15) is 31.2 Å². The van der Waals surface area contributed by atoms with Gasteiger partial charge in [-0.25, -0.2) is 18.0 Å². The van der Waals surface area contributed by atoms with Gasteiger partial charge < -0.3 is 20.1 Å². The first kappa shape index (κ1) is 25.6. The van der Waals surface area contributed by atoms with E-state index in [1.54, 1.807) is 29.2 Å². The lowest BCUT2D eigenvalue weighted by Crippen LogP contribution is -2.51. The molecule has 1 aromatic heterocycles. The van der Waals surface area contributed by atoms with Gasteiger partial charge in [-0.3, -0.25) is 9.78 Å². The van der Waals surface area contributed by atoms with Crippen molar-refractivity contribution in [3.05, 3.63) is 54.4 Å². The minimum atomic E-state index is -3.95. The molecule has 0 spiro atoms. The fraction of sp³-hybridized carbons (Fsp3) is 0.417. The van der Waals surface area contributed by atoms with Gasteiger partial charge in [-0.15, -0.1) is 0 Å². The van der Waals surface area contributed by atoms with E-state index in [0.29, 0.717) is 30.8 Å². The molecule has 36 heavy (non-hydrogen) atoms. The van der Waals surface area contributed by atoms with E-state index in [1.165, 1.54) is 24.5 Å². The smallest absolute Gasteiger partial charge is 0.415 e. The molecule has 2 amide bonds. The van der Waals surface area contributed by atoms with E-state index in [4.69, 9.17) is 4.74 Å². The zero-order valence-corrected chi connectivity index (χ0v) is 20.4. The van der Waals surface area contributed by atoms with E-state index < -0.39 is 40.1 Å². The first-order chi connectivity index (χ1) is 17.3. The highest BCUT2D eigenvalue weighted by molar-refractivity contribution is 7.89. The third-order valence-corrected chi connectivity index (χ3v) is 8.19. The zero-order chi connectivity index (χ0) is 25.7. The number of aromatic nitrogens is 1. The molecule has 2 aromatic rings. The number of sulfonamides is 1. The van der Waals surface area contributed by atoms with E-state index in [2.05, 4.69) is 10.3 Å². The van der Waals surface area contributed by atoms with Crippen LogP contribution in [0.15, 0.2) is 53.7 Å². The van der Waals surface area contributed by atoms with E-state index >= 15 is 0 Å². The first-order valence-electron chi connectivity index (χ1n) is 11.8. The van der Waals surface area contributed by atoms with Gasteiger partial charge in [-0.2, -0.15) is 4.31 Å². The summed E-state index contributed by atoms with van der Waals surface area (Å²) in [6.45, 7) is 1.49. The fourth-order valence-electron chi connectivity index (χ4n) is 4.39. The largest absolute Gasteiger partial charge is 0.480 e. The second-order valence-corrected chi connectivity index (χ2v) is 10.7. The van der Waals surface area contributed by atoms with Crippen LogP contribution < -0.4 is 10.1 Å². The molecule has 1 aromatic carbocycles. The van der Waals surface area contributed by atoms with Crippen LogP contribution in [0.25, 0.3) is 0 Å². The molecule has 192 valence electrons. The molecule has 2 N–H and O–H groups in total. The van der Waals surface area contributed by atoms with Crippen molar-refractivity contribution in [2.24, 2.45) is 0 Å². The lowest BCUT2D eigenvalue weighted by atomic mass is 10.1. The Bertz CT molecular complexity index is 1200. The molecule has 12 heteroatoms. The Morgan fingerprint density at radius 2 is 1.81 bits per heavy atom. The highest BCUT2D eigenvalue weighted by Gasteiger charge is 2.40. The second-order valence-electron chi connectivity index (χ2n) is 8.77. The van der Waals surface area contributed by atoms with Gasteiger partial charge in [0.2, 0.25) is 15.9 Å². The number of aliphatic carboxylic acids is 1. The van der Waals surface area contributed by atoms with Gasteiger partial charge in [0.15, 0.2) is 0 Å². The second kappa shape index (κ2) is 11.0. The highest BCUT2D eigenvalue weighted by Crippen LogP contribution is 2.26. The average Bonchev–Trinajstić information content (AvgIpc) is 3.58. The molecule has 2 aliphatic heterocycles. The number of likely N-dealkylation sites (tertiary alicyclic amines) is 1. The number of carboxylic acids is 1. The van der Waals surface area contributed by atoms with Crippen molar-refractivity contribution in [1.82, 2.24) is 19.5 Å². The lowest BCUT2D eigenvalue weighted by molar-refractivity contribution is -0.142. The molecule has 1 unspecified atom stereocenters. The number of carboxylic acid groups (broad SMARTS) is 1. The minimum absolute atomic E-state index is 0.0231. The summed E-state index contributed by atoms with van der Waals surface area (Å²) in [6, 6.07) is 7.03. The number of carbonyl (C=O) groups is 3. The summed E-state index contributed by atoms with van der Waals surface area (Å²) in [5, 5.41) is 12.2. The van der Waals surface area contributed by atoms with Gasteiger partial charge in [0.1, 0.15) is 22.7 Å². The predicted octanol–water partition coefficient (Wildman–Crippen LogP) is 1.64. The van der Waals surface area contributed by atoms with Gasteiger partial charge in [0, 0.05) is 38.4 Å². The lowest BCUT2D eigenvalue weighted by Gasteiger charge is -2.25. The Labute approximate surface area is 209 Å². The summed E-state index contributed by atoms with van der Waals surface area (Å²) in [4.78, 5) is 42.4. The maximum atomic E-state index is 13.0. The summed E-state index contributed by atoms with van der Waals surface area (Å²) in [7, 11) is -3.95. The van der Waals surface area contributed by atoms with Crippen molar-refractivity contribution in [2.45, 2.75) is 49.1 Å². The van der Waals surface area contributed by atoms with E-state index in [9.17, 15) is 27.9 Å². The molecule has 0 radical (unpaired) electrons. The number of amides is 2.